The summed E-state index contributed by atoms with van der Waals surface area (Å²) < 4.78 is 102. The molecule has 0 aliphatic heterocycles. The second-order valence-corrected chi connectivity index (χ2v) is 7.17. The first-order valence-electron chi connectivity index (χ1n) is 8.35. The molecule has 0 aromatic carbocycles. The van der Waals surface area contributed by atoms with Crippen LogP contribution in [0.1, 0.15) is 59.3 Å². The third kappa shape index (κ3) is 11.2. The molecule has 0 radical (unpaired) electrons. The number of ketones is 1. The predicted octanol–water partition coefficient (Wildman–Crippen LogP) is 6.76. The number of allylic oxidation sites excluding steroid dienone is 2. The Hall–Kier alpha value is -1.35. The molecule has 0 aromatic heterocycles. The molecule has 1 N–H and O–H groups in total. The lowest BCUT2D eigenvalue weighted by Gasteiger charge is -2.31. The Labute approximate surface area is 152 Å². The van der Waals surface area contributed by atoms with Crippen LogP contribution >= 0.6 is 0 Å². The van der Waals surface area contributed by atoms with E-state index in [2.05, 4.69) is 0 Å². The summed E-state index contributed by atoms with van der Waals surface area (Å²) in [5.41, 5.74) is -2.78. The number of hydrogen-bond acceptors (Lipinski definition) is 2. The number of halogens is 8. The number of hydrogen-bond donors (Lipinski definition) is 1. The number of carbonyl (C=O) groups excluding carboxylic acids is 1. The molecule has 0 bridgehead atoms. The van der Waals surface area contributed by atoms with Gasteiger partial charge in [0.1, 0.15) is 5.76 Å². The highest BCUT2D eigenvalue weighted by Gasteiger charge is 2.48. The summed E-state index contributed by atoms with van der Waals surface area (Å²) in [7, 11) is 0. The van der Waals surface area contributed by atoms with Crippen LogP contribution in [0.4, 0.5) is 35.1 Å². The second kappa shape index (κ2) is 9.23. The largest absolute Gasteiger partial charge is 0.512 e. The van der Waals surface area contributed by atoms with Gasteiger partial charge in [0, 0.05) is 23.8 Å². The summed E-state index contributed by atoms with van der Waals surface area (Å²) in [6.45, 7) is 2.84. The molecule has 1 atom stereocenters. The lowest BCUT2D eigenvalue weighted by Crippen LogP contribution is -2.33. The monoisotopic (exact) mass is 412 g/mol. The molecule has 27 heavy (non-hydrogen) atoms. The average molecular weight is 412 g/mol. The van der Waals surface area contributed by atoms with E-state index in [4.69, 9.17) is 0 Å². The van der Waals surface area contributed by atoms with Crippen molar-refractivity contribution < 1.29 is 45.0 Å². The van der Waals surface area contributed by atoms with E-state index in [0.717, 1.165) is 0 Å². The van der Waals surface area contributed by atoms with Crippen molar-refractivity contribution in [2.75, 3.05) is 0 Å². The average Bonchev–Trinajstić information content (AvgIpc) is 2.37. The summed E-state index contributed by atoms with van der Waals surface area (Å²) in [4.78, 5) is 12.2. The molecule has 0 amide bonds. The fraction of sp³-hybridized carbons (Fsp3) is 0.824. The number of aliphatic hydroxyl groups is 1. The van der Waals surface area contributed by atoms with E-state index in [1.807, 2.05) is 0 Å². The van der Waals surface area contributed by atoms with Gasteiger partial charge in [0.25, 0.3) is 0 Å². The van der Waals surface area contributed by atoms with Crippen LogP contribution in [0.2, 0.25) is 0 Å². The molecule has 0 fully saturated rings. The van der Waals surface area contributed by atoms with Crippen LogP contribution in [0, 0.1) is 11.3 Å². The number of aliphatic hydroxyl groups excluding tert-OH is 1. The Morgan fingerprint density at radius 1 is 0.926 bits per heavy atom. The minimum absolute atomic E-state index is 0.119. The molecule has 0 spiro atoms. The lowest BCUT2D eigenvalue weighted by atomic mass is 9.79. The Morgan fingerprint density at radius 3 is 1.70 bits per heavy atom. The Morgan fingerprint density at radius 2 is 1.37 bits per heavy atom. The summed E-state index contributed by atoms with van der Waals surface area (Å²) in [6, 6.07) is 0. The van der Waals surface area contributed by atoms with Crippen molar-refractivity contribution in [2.24, 2.45) is 11.3 Å². The third-order valence-electron chi connectivity index (χ3n) is 4.05. The van der Waals surface area contributed by atoms with Gasteiger partial charge in [-0.2, -0.15) is 26.3 Å². The normalized spacial score (nSPS) is 15.7. The molecule has 10 heteroatoms. The van der Waals surface area contributed by atoms with Gasteiger partial charge < -0.3 is 5.11 Å². The summed E-state index contributed by atoms with van der Waals surface area (Å²) >= 11 is 0. The highest BCUT2D eigenvalue weighted by Crippen LogP contribution is 2.45. The maximum atomic E-state index is 13.0. The number of carbonyl (C=O) groups is 1. The minimum Gasteiger partial charge on any atom is -0.512 e. The van der Waals surface area contributed by atoms with Gasteiger partial charge in [-0.05, 0) is 19.8 Å². The molecule has 1 unspecified atom stereocenters. The fourth-order valence-corrected chi connectivity index (χ4v) is 2.76. The maximum Gasteiger partial charge on any atom is 0.390 e. The Kier molecular flexibility index (Phi) is 8.77. The van der Waals surface area contributed by atoms with Gasteiger partial charge in [-0.1, -0.05) is 20.3 Å². The molecule has 0 saturated heterocycles. The molecule has 0 aliphatic rings. The molecule has 160 valence electrons. The van der Waals surface area contributed by atoms with Crippen LogP contribution in [0.5, 0.6) is 0 Å². The lowest BCUT2D eigenvalue weighted by molar-refractivity contribution is -0.190. The summed E-state index contributed by atoms with van der Waals surface area (Å²) in [5.74, 6) is -6.41. The summed E-state index contributed by atoms with van der Waals surface area (Å²) in [5, 5.41) is 9.90. The first-order chi connectivity index (χ1) is 11.9. The van der Waals surface area contributed by atoms with E-state index in [1.165, 1.54) is 0 Å². The SMILES string of the molecule is CCCC(CCC(C)(F)F)C(=O)/C=C(\O)C(C)(CC(F)(F)F)CC(F)(F)F. The first kappa shape index (κ1) is 25.6. The van der Waals surface area contributed by atoms with Crippen molar-refractivity contribution in [1.29, 1.82) is 0 Å². The van der Waals surface area contributed by atoms with Gasteiger partial charge in [-0.15, -0.1) is 0 Å². The van der Waals surface area contributed by atoms with Crippen molar-refractivity contribution in [3.63, 3.8) is 0 Å². The molecule has 0 heterocycles. The zero-order valence-corrected chi connectivity index (χ0v) is 15.3. The zero-order chi connectivity index (χ0) is 21.7. The standard InChI is InChI=1S/C17H24F8O2/c1-4-5-11(6-7-15(3,18)19)12(26)8-13(27)14(2,9-16(20,21)22)10-17(23,24)25/h8,11,27H,4-7,9-10H2,1-3H3/b13-8-. The van der Waals surface area contributed by atoms with Crippen molar-refractivity contribution in [3.8, 4) is 0 Å². The number of alkyl halides is 8. The van der Waals surface area contributed by atoms with Crippen LogP contribution in [0.3, 0.4) is 0 Å². The van der Waals surface area contributed by atoms with Crippen LogP contribution in [0.25, 0.3) is 0 Å². The molecule has 2 nitrogen and oxygen atoms in total. The second-order valence-electron chi connectivity index (χ2n) is 7.17. The van der Waals surface area contributed by atoms with Crippen molar-refractivity contribution in [2.45, 2.75) is 77.6 Å². The van der Waals surface area contributed by atoms with E-state index in [-0.39, 0.29) is 12.8 Å². The van der Waals surface area contributed by atoms with E-state index in [0.29, 0.717) is 26.3 Å². The zero-order valence-electron chi connectivity index (χ0n) is 15.3. The van der Waals surface area contributed by atoms with E-state index in [9.17, 15) is 45.0 Å². The van der Waals surface area contributed by atoms with Gasteiger partial charge in [0.15, 0.2) is 5.78 Å². The number of rotatable bonds is 10. The third-order valence-corrected chi connectivity index (χ3v) is 4.05. The van der Waals surface area contributed by atoms with Gasteiger partial charge in [0.2, 0.25) is 5.92 Å². The summed E-state index contributed by atoms with van der Waals surface area (Å²) in [6.07, 6.45) is -14.1. The Balaban J connectivity index is 5.61. The highest BCUT2D eigenvalue weighted by atomic mass is 19.4. The fourth-order valence-electron chi connectivity index (χ4n) is 2.76. The van der Waals surface area contributed by atoms with Gasteiger partial charge in [-0.25, -0.2) is 8.78 Å². The molecular formula is C17H24F8O2. The van der Waals surface area contributed by atoms with Gasteiger partial charge in [-0.3, -0.25) is 4.79 Å². The van der Waals surface area contributed by atoms with Crippen LogP contribution < -0.4 is 0 Å². The van der Waals surface area contributed by atoms with Crippen LogP contribution in [0.15, 0.2) is 11.8 Å². The first-order valence-corrected chi connectivity index (χ1v) is 8.35. The van der Waals surface area contributed by atoms with Crippen molar-refractivity contribution in [1.82, 2.24) is 0 Å². The maximum absolute atomic E-state index is 13.0. The van der Waals surface area contributed by atoms with Crippen LogP contribution in [-0.2, 0) is 4.79 Å². The van der Waals surface area contributed by atoms with E-state index < -0.39 is 60.4 Å². The molecule has 0 saturated carbocycles. The van der Waals surface area contributed by atoms with E-state index >= 15 is 0 Å². The molecule has 0 aromatic rings. The van der Waals surface area contributed by atoms with Crippen molar-refractivity contribution in [3.05, 3.63) is 11.8 Å². The van der Waals surface area contributed by atoms with E-state index in [1.54, 1.807) is 6.92 Å². The predicted molar refractivity (Wildman–Crippen MR) is 83.4 cm³/mol. The van der Waals surface area contributed by atoms with Crippen molar-refractivity contribution >= 4 is 5.78 Å². The Bertz CT molecular complexity index is 498. The highest BCUT2D eigenvalue weighted by molar-refractivity contribution is 5.92. The quantitative estimate of drug-likeness (QED) is 0.245. The molecule has 0 rings (SSSR count). The van der Waals surface area contributed by atoms with Crippen LogP contribution in [-0.4, -0.2) is 29.2 Å². The molecule has 0 aliphatic carbocycles. The topological polar surface area (TPSA) is 37.3 Å². The van der Waals surface area contributed by atoms with Gasteiger partial charge in [0.05, 0.1) is 12.8 Å². The smallest absolute Gasteiger partial charge is 0.390 e. The van der Waals surface area contributed by atoms with Gasteiger partial charge >= 0.3 is 12.4 Å². The minimum atomic E-state index is -5.02. The molecular weight excluding hydrogens is 388 g/mol.